The first-order valence-corrected chi connectivity index (χ1v) is 9.08. The number of nitrogens with one attached hydrogen (secondary N) is 1. The van der Waals surface area contributed by atoms with Gasteiger partial charge in [0.15, 0.2) is 5.78 Å². The number of fused-ring (bicyclic) bond motifs is 1. The highest BCUT2D eigenvalue weighted by atomic mass is 19.1. The van der Waals surface area contributed by atoms with Crippen LogP contribution in [0.5, 0.6) is 0 Å². The quantitative estimate of drug-likeness (QED) is 0.906. The Bertz CT molecular complexity index is 933. The summed E-state index contributed by atoms with van der Waals surface area (Å²) in [5.41, 5.74) is 3.17. The van der Waals surface area contributed by atoms with Gasteiger partial charge in [0.1, 0.15) is 12.4 Å². The summed E-state index contributed by atoms with van der Waals surface area (Å²) in [5, 5.41) is 3.18. The molecule has 0 radical (unpaired) electrons. The average molecular weight is 365 g/mol. The van der Waals surface area contributed by atoms with E-state index in [9.17, 15) is 14.0 Å². The van der Waals surface area contributed by atoms with Gasteiger partial charge in [-0.25, -0.2) is 4.39 Å². The second kappa shape index (κ2) is 7.40. The first kappa shape index (κ1) is 17.5. The first-order valence-electron chi connectivity index (χ1n) is 9.08. The van der Waals surface area contributed by atoms with Gasteiger partial charge in [-0.2, -0.15) is 0 Å². The molecule has 2 aliphatic rings. The Kier molecular flexibility index (Phi) is 4.81. The molecule has 0 spiro atoms. The van der Waals surface area contributed by atoms with Gasteiger partial charge in [-0.3, -0.25) is 14.6 Å². The number of benzene rings is 2. The van der Waals surface area contributed by atoms with Gasteiger partial charge >= 0.3 is 0 Å². The number of piperazine rings is 1. The molecule has 1 amide bonds. The van der Waals surface area contributed by atoms with Crippen molar-refractivity contribution in [1.82, 2.24) is 10.2 Å². The Balaban J connectivity index is 1.60. The van der Waals surface area contributed by atoms with Gasteiger partial charge in [0.2, 0.25) is 0 Å². The van der Waals surface area contributed by atoms with Crippen LogP contribution in [0.4, 0.5) is 4.39 Å². The molecule has 138 valence electrons. The van der Waals surface area contributed by atoms with Crippen molar-refractivity contribution in [2.45, 2.75) is 6.42 Å². The summed E-state index contributed by atoms with van der Waals surface area (Å²) in [4.78, 5) is 30.8. The maximum absolute atomic E-state index is 14.3. The van der Waals surface area contributed by atoms with Crippen molar-refractivity contribution in [3.63, 3.8) is 0 Å². The van der Waals surface area contributed by atoms with E-state index in [-0.39, 0.29) is 23.8 Å². The fourth-order valence-corrected chi connectivity index (χ4v) is 3.54. The Morgan fingerprint density at radius 1 is 1.11 bits per heavy atom. The van der Waals surface area contributed by atoms with E-state index in [1.54, 1.807) is 23.1 Å². The predicted molar refractivity (Wildman–Crippen MR) is 101 cm³/mol. The minimum absolute atomic E-state index is 0.00281. The van der Waals surface area contributed by atoms with Crippen LogP contribution >= 0.6 is 0 Å². The van der Waals surface area contributed by atoms with Gasteiger partial charge in [-0.15, -0.1) is 0 Å². The number of Topliss-reactive ketones (excluding diaryl/α,β-unsaturated/α-hetero) is 1. The fraction of sp³-hybridized carbons (Fsp3) is 0.286. The molecule has 1 saturated heterocycles. The van der Waals surface area contributed by atoms with Gasteiger partial charge in [0.05, 0.1) is 5.56 Å². The number of hydrogen-bond acceptors (Lipinski definition) is 4. The Morgan fingerprint density at radius 3 is 2.63 bits per heavy atom. The molecule has 0 saturated carbocycles. The van der Waals surface area contributed by atoms with Crippen LogP contribution in [-0.4, -0.2) is 55.0 Å². The summed E-state index contributed by atoms with van der Waals surface area (Å²) < 4.78 is 14.3. The molecule has 4 rings (SSSR count). The van der Waals surface area contributed by atoms with Gasteiger partial charge in [0, 0.05) is 49.4 Å². The highest BCUT2D eigenvalue weighted by Crippen LogP contribution is 2.20. The van der Waals surface area contributed by atoms with Crippen LogP contribution in [0.2, 0.25) is 0 Å². The lowest BCUT2D eigenvalue weighted by Crippen LogP contribution is -2.46. The molecule has 0 aliphatic carbocycles. The van der Waals surface area contributed by atoms with E-state index in [1.807, 2.05) is 18.2 Å². The number of aliphatic imine (C=N–C) groups is 1. The molecule has 6 heteroatoms. The number of nitrogens with zero attached hydrogens (tertiary/aromatic N) is 2. The number of rotatable bonds is 3. The molecule has 2 aromatic carbocycles. The first-order chi connectivity index (χ1) is 13.1. The van der Waals surface area contributed by atoms with Crippen LogP contribution < -0.4 is 5.32 Å². The highest BCUT2D eigenvalue weighted by molar-refractivity contribution is 6.15. The molecular weight excluding hydrogens is 345 g/mol. The summed E-state index contributed by atoms with van der Waals surface area (Å²) in [6, 6.07) is 12.0. The number of carbonyl (C=O) groups is 2. The maximum Gasteiger partial charge on any atom is 0.256 e. The number of carbonyl (C=O) groups excluding carboxylic acids is 2. The van der Waals surface area contributed by atoms with Crippen LogP contribution in [0, 0.1) is 5.82 Å². The summed E-state index contributed by atoms with van der Waals surface area (Å²) in [5.74, 6) is -0.788. The molecule has 0 atom stereocenters. The third-order valence-electron chi connectivity index (χ3n) is 4.99. The van der Waals surface area contributed by atoms with Gasteiger partial charge in [0.25, 0.3) is 5.91 Å². The molecule has 2 aliphatic heterocycles. The lowest BCUT2D eigenvalue weighted by Gasteiger charge is -2.27. The second-order valence-electron chi connectivity index (χ2n) is 6.76. The Labute approximate surface area is 156 Å². The van der Waals surface area contributed by atoms with Crippen LogP contribution in [0.1, 0.15) is 31.8 Å². The van der Waals surface area contributed by atoms with Crippen molar-refractivity contribution < 1.29 is 14.0 Å². The number of hydrogen-bond donors (Lipinski definition) is 1. The molecule has 1 fully saturated rings. The summed E-state index contributed by atoms with van der Waals surface area (Å²) in [7, 11) is 0. The molecule has 0 aromatic heterocycles. The molecule has 5 nitrogen and oxygen atoms in total. The minimum atomic E-state index is -0.511. The van der Waals surface area contributed by atoms with Crippen molar-refractivity contribution in [3.8, 4) is 0 Å². The molecule has 0 unspecified atom stereocenters. The monoisotopic (exact) mass is 365 g/mol. The third kappa shape index (κ3) is 3.53. The van der Waals surface area contributed by atoms with Crippen LogP contribution in [0.25, 0.3) is 0 Å². The van der Waals surface area contributed by atoms with Crippen molar-refractivity contribution in [1.29, 1.82) is 0 Å². The highest BCUT2D eigenvalue weighted by Gasteiger charge is 2.23. The SMILES string of the molecule is O=C1CN=C(Cc2ccc(F)c(C(=O)N3CCNCC3)c2)c2ccccc21. The van der Waals surface area contributed by atoms with E-state index in [0.29, 0.717) is 38.2 Å². The molecule has 2 heterocycles. The van der Waals surface area contributed by atoms with E-state index >= 15 is 0 Å². The summed E-state index contributed by atoms with van der Waals surface area (Å²) >= 11 is 0. The zero-order valence-electron chi connectivity index (χ0n) is 14.9. The fourth-order valence-electron chi connectivity index (χ4n) is 3.54. The second-order valence-corrected chi connectivity index (χ2v) is 6.76. The molecule has 27 heavy (non-hydrogen) atoms. The van der Waals surface area contributed by atoms with Crippen molar-refractivity contribution >= 4 is 17.4 Å². The number of amides is 1. The standard InChI is InChI=1S/C21H20FN3O2/c22-18-6-5-14(11-17(18)21(27)25-9-7-23-8-10-25)12-19-15-3-1-2-4-16(15)20(26)13-24-19/h1-6,11,23H,7-10,12-13H2. The molecular formula is C21H20FN3O2. The number of halogens is 1. The predicted octanol–water partition coefficient (Wildman–Crippen LogP) is 2.10. The maximum atomic E-state index is 14.3. The van der Waals surface area contributed by atoms with Crippen LogP contribution in [-0.2, 0) is 6.42 Å². The number of ketones is 1. The van der Waals surface area contributed by atoms with E-state index in [0.717, 1.165) is 16.8 Å². The van der Waals surface area contributed by atoms with Crippen LogP contribution in [0.3, 0.4) is 0 Å². The van der Waals surface area contributed by atoms with Crippen molar-refractivity contribution in [2.75, 3.05) is 32.7 Å². The lowest BCUT2D eigenvalue weighted by molar-refractivity contribution is 0.0731. The Morgan fingerprint density at radius 2 is 1.85 bits per heavy atom. The lowest BCUT2D eigenvalue weighted by atomic mass is 9.92. The zero-order chi connectivity index (χ0) is 18.8. The van der Waals surface area contributed by atoms with Gasteiger partial charge < -0.3 is 10.2 Å². The van der Waals surface area contributed by atoms with E-state index in [2.05, 4.69) is 10.3 Å². The summed E-state index contributed by atoms with van der Waals surface area (Å²) in [6.07, 6.45) is 0.451. The van der Waals surface area contributed by atoms with E-state index in [4.69, 9.17) is 0 Å². The van der Waals surface area contributed by atoms with Crippen LogP contribution in [0.15, 0.2) is 47.5 Å². The van der Waals surface area contributed by atoms with Gasteiger partial charge in [-0.1, -0.05) is 30.3 Å². The van der Waals surface area contributed by atoms with Crippen molar-refractivity contribution in [3.05, 3.63) is 70.5 Å². The molecule has 2 aromatic rings. The summed E-state index contributed by atoms with van der Waals surface area (Å²) in [6.45, 7) is 2.71. The largest absolute Gasteiger partial charge is 0.336 e. The minimum Gasteiger partial charge on any atom is -0.336 e. The topological polar surface area (TPSA) is 61.8 Å². The average Bonchev–Trinajstić information content (AvgIpc) is 2.72. The van der Waals surface area contributed by atoms with E-state index < -0.39 is 5.82 Å². The Hall–Kier alpha value is -2.86. The van der Waals surface area contributed by atoms with E-state index in [1.165, 1.54) is 6.07 Å². The van der Waals surface area contributed by atoms with Gasteiger partial charge in [-0.05, 0) is 17.7 Å². The normalized spacial score (nSPS) is 16.7. The van der Waals surface area contributed by atoms with Crippen molar-refractivity contribution in [2.24, 2.45) is 4.99 Å². The molecule has 0 bridgehead atoms. The molecule has 1 N–H and O–H groups in total. The third-order valence-corrected chi connectivity index (χ3v) is 4.99. The zero-order valence-corrected chi connectivity index (χ0v) is 14.9. The smallest absolute Gasteiger partial charge is 0.256 e.